The van der Waals surface area contributed by atoms with Crippen LogP contribution in [0.4, 0.5) is 0 Å². The van der Waals surface area contributed by atoms with Crippen molar-refractivity contribution in [2.75, 3.05) is 0 Å². The van der Waals surface area contributed by atoms with Gasteiger partial charge < -0.3 is 5.11 Å². The zero-order valence-electron chi connectivity index (χ0n) is 14.2. The van der Waals surface area contributed by atoms with Crippen molar-refractivity contribution in [1.29, 1.82) is 0 Å². The average Bonchev–Trinajstić information content (AvgIpc) is 2.52. The second-order valence-corrected chi connectivity index (χ2v) is 7.66. The Hall–Kier alpha value is -2.12. The molecule has 4 aromatic carbocycles. The molecule has 4 aromatic rings. The third kappa shape index (κ3) is 2.04. The minimum Gasteiger partial charge on any atom is -0.392 e. The largest absolute Gasteiger partial charge is 0.392 e. The van der Waals surface area contributed by atoms with Crippen LogP contribution in [0, 0.1) is 6.92 Å². The Morgan fingerprint density at radius 3 is 2.00 bits per heavy atom. The topological polar surface area (TPSA) is 20.2 Å². The third-order valence-corrected chi connectivity index (χ3v) is 5.05. The van der Waals surface area contributed by atoms with E-state index in [0.717, 1.165) is 5.56 Å². The first-order valence-corrected chi connectivity index (χ1v) is 8.22. The summed E-state index contributed by atoms with van der Waals surface area (Å²) in [6, 6.07) is 15.6. The summed E-state index contributed by atoms with van der Waals surface area (Å²) in [6.07, 6.45) is 0. The van der Waals surface area contributed by atoms with Crippen molar-refractivity contribution >= 4 is 32.3 Å². The molecule has 0 aliphatic carbocycles. The minimum atomic E-state index is 0.0856. The summed E-state index contributed by atoms with van der Waals surface area (Å²) in [5.41, 5.74) is 3.75. The first-order chi connectivity index (χ1) is 10.9. The van der Waals surface area contributed by atoms with Gasteiger partial charge in [0.15, 0.2) is 0 Å². The van der Waals surface area contributed by atoms with E-state index >= 15 is 0 Å². The van der Waals surface area contributed by atoms with Gasteiger partial charge in [0, 0.05) is 0 Å². The highest BCUT2D eigenvalue weighted by molar-refractivity contribution is 6.24. The maximum absolute atomic E-state index is 9.74. The van der Waals surface area contributed by atoms with Crippen molar-refractivity contribution in [2.24, 2.45) is 0 Å². The summed E-state index contributed by atoms with van der Waals surface area (Å²) in [5.74, 6) is 0. The summed E-state index contributed by atoms with van der Waals surface area (Å²) in [6.45, 7) is 8.99. The van der Waals surface area contributed by atoms with Gasteiger partial charge in [-0.1, -0.05) is 63.2 Å². The van der Waals surface area contributed by atoms with Crippen molar-refractivity contribution in [3.63, 3.8) is 0 Å². The van der Waals surface area contributed by atoms with E-state index in [9.17, 15) is 5.11 Å². The van der Waals surface area contributed by atoms with E-state index in [1.165, 1.54) is 43.4 Å². The molecule has 4 rings (SSSR count). The number of hydrogen-bond donors (Lipinski definition) is 1. The molecule has 1 heteroatoms. The smallest absolute Gasteiger partial charge is 0.0687 e. The van der Waals surface area contributed by atoms with Crippen molar-refractivity contribution < 1.29 is 5.11 Å². The lowest BCUT2D eigenvalue weighted by Crippen LogP contribution is -2.10. The van der Waals surface area contributed by atoms with Crippen LogP contribution >= 0.6 is 0 Å². The van der Waals surface area contributed by atoms with E-state index < -0.39 is 0 Å². The van der Waals surface area contributed by atoms with E-state index in [1.807, 2.05) is 0 Å². The Bertz CT molecular complexity index is 1020. The molecule has 23 heavy (non-hydrogen) atoms. The van der Waals surface area contributed by atoms with Gasteiger partial charge in [-0.3, -0.25) is 0 Å². The lowest BCUT2D eigenvalue weighted by Gasteiger charge is -2.22. The zero-order chi connectivity index (χ0) is 16.4. The highest BCUT2D eigenvalue weighted by Crippen LogP contribution is 2.39. The Kier molecular flexibility index (Phi) is 2.95. The fourth-order valence-corrected chi connectivity index (χ4v) is 3.74. The third-order valence-electron chi connectivity index (χ3n) is 5.05. The van der Waals surface area contributed by atoms with Crippen LogP contribution in [0.3, 0.4) is 0 Å². The van der Waals surface area contributed by atoms with Crippen LogP contribution in [0.25, 0.3) is 32.3 Å². The number of aliphatic hydroxyl groups is 1. The number of hydrogen-bond acceptors (Lipinski definition) is 1. The van der Waals surface area contributed by atoms with Crippen molar-refractivity contribution in [3.05, 3.63) is 59.2 Å². The monoisotopic (exact) mass is 302 g/mol. The van der Waals surface area contributed by atoms with Gasteiger partial charge in [0.2, 0.25) is 0 Å². The summed E-state index contributed by atoms with van der Waals surface area (Å²) in [5, 5.41) is 17.4. The molecule has 0 aliphatic heterocycles. The van der Waals surface area contributed by atoms with Crippen LogP contribution in [0.15, 0.2) is 42.5 Å². The van der Waals surface area contributed by atoms with Gasteiger partial charge in [0.05, 0.1) is 6.61 Å². The second kappa shape index (κ2) is 4.69. The Morgan fingerprint density at radius 1 is 0.826 bits per heavy atom. The van der Waals surface area contributed by atoms with Crippen LogP contribution in [0.2, 0.25) is 0 Å². The molecule has 0 atom stereocenters. The molecule has 0 saturated carbocycles. The molecular weight excluding hydrogens is 280 g/mol. The SMILES string of the molecule is Cc1cc(CO)c2ccc3cc(C(C)(C)C)cc4ccc1c2c43. The maximum Gasteiger partial charge on any atom is 0.0687 e. The summed E-state index contributed by atoms with van der Waals surface area (Å²) < 4.78 is 0. The van der Waals surface area contributed by atoms with Gasteiger partial charge in [-0.25, -0.2) is 0 Å². The molecule has 1 nitrogen and oxygen atoms in total. The predicted octanol–water partition coefficient (Wildman–Crippen LogP) is 5.68. The molecule has 0 radical (unpaired) electrons. The molecule has 0 aromatic heterocycles. The standard InChI is InChI=1S/C22H22O/c1-13-9-16(12-23)19-8-6-15-11-17(22(2,3)4)10-14-5-7-18(13)21(19)20(14)15/h5-11,23H,12H2,1-4H3. The predicted molar refractivity (Wildman–Crippen MR) is 99.5 cm³/mol. The van der Waals surface area contributed by atoms with Crippen molar-refractivity contribution in [1.82, 2.24) is 0 Å². The molecule has 116 valence electrons. The molecule has 0 amide bonds. The van der Waals surface area contributed by atoms with Gasteiger partial charge in [-0.2, -0.15) is 0 Å². The average molecular weight is 302 g/mol. The van der Waals surface area contributed by atoms with Gasteiger partial charge in [-0.05, 0) is 61.3 Å². The molecule has 0 aliphatic rings. The highest BCUT2D eigenvalue weighted by Gasteiger charge is 2.18. The zero-order valence-corrected chi connectivity index (χ0v) is 14.2. The minimum absolute atomic E-state index is 0.0856. The molecule has 0 spiro atoms. The molecular formula is C22H22O. The maximum atomic E-state index is 9.74. The summed E-state index contributed by atoms with van der Waals surface area (Å²) in [7, 11) is 0. The van der Waals surface area contributed by atoms with Gasteiger partial charge in [-0.15, -0.1) is 0 Å². The number of rotatable bonds is 1. The fourth-order valence-electron chi connectivity index (χ4n) is 3.74. The van der Waals surface area contributed by atoms with Crippen molar-refractivity contribution in [3.8, 4) is 0 Å². The summed E-state index contributed by atoms with van der Waals surface area (Å²) >= 11 is 0. The van der Waals surface area contributed by atoms with Crippen LogP contribution in [0.5, 0.6) is 0 Å². The first kappa shape index (κ1) is 14.5. The van der Waals surface area contributed by atoms with Crippen LogP contribution in [-0.4, -0.2) is 5.11 Å². The van der Waals surface area contributed by atoms with E-state index in [1.54, 1.807) is 0 Å². The van der Waals surface area contributed by atoms with E-state index in [-0.39, 0.29) is 12.0 Å². The van der Waals surface area contributed by atoms with Gasteiger partial charge >= 0.3 is 0 Å². The Morgan fingerprint density at radius 2 is 1.43 bits per heavy atom. The molecule has 0 saturated heterocycles. The molecule has 0 heterocycles. The number of aryl methyl sites for hydroxylation is 1. The van der Waals surface area contributed by atoms with E-state index in [4.69, 9.17) is 0 Å². The molecule has 0 unspecified atom stereocenters. The van der Waals surface area contributed by atoms with Gasteiger partial charge in [0.1, 0.15) is 0 Å². The summed E-state index contributed by atoms with van der Waals surface area (Å²) in [4.78, 5) is 0. The van der Waals surface area contributed by atoms with E-state index in [0.29, 0.717) is 0 Å². The molecule has 1 N–H and O–H groups in total. The second-order valence-electron chi connectivity index (χ2n) is 7.66. The van der Waals surface area contributed by atoms with Crippen molar-refractivity contribution in [2.45, 2.75) is 39.7 Å². The van der Waals surface area contributed by atoms with Crippen LogP contribution in [-0.2, 0) is 12.0 Å². The van der Waals surface area contributed by atoms with E-state index in [2.05, 4.69) is 70.2 Å². The molecule has 0 bridgehead atoms. The lowest BCUT2D eigenvalue weighted by atomic mass is 9.82. The van der Waals surface area contributed by atoms with Gasteiger partial charge in [0.25, 0.3) is 0 Å². The Labute approximate surface area is 136 Å². The number of benzene rings is 4. The molecule has 0 fully saturated rings. The highest BCUT2D eigenvalue weighted by atomic mass is 16.3. The first-order valence-electron chi connectivity index (χ1n) is 8.22. The lowest BCUT2D eigenvalue weighted by molar-refractivity contribution is 0.283. The van der Waals surface area contributed by atoms with Crippen LogP contribution in [0.1, 0.15) is 37.5 Å². The fraction of sp³-hybridized carbons (Fsp3) is 0.273. The number of aliphatic hydroxyl groups excluding tert-OH is 1. The Balaban J connectivity index is 2.25. The quantitative estimate of drug-likeness (QED) is 0.448. The normalized spacial score (nSPS) is 12.7. The van der Waals surface area contributed by atoms with Crippen LogP contribution < -0.4 is 0 Å².